The molecule has 17 heavy (non-hydrogen) atoms. The minimum atomic E-state index is -0.276. The van der Waals surface area contributed by atoms with Gasteiger partial charge in [-0.25, -0.2) is 0 Å². The molecule has 1 aromatic rings. The van der Waals surface area contributed by atoms with Crippen molar-refractivity contribution in [1.82, 2.24) is 0 Å². The zero-order valence-corrected chi connectivity index (χ0v) is 10.0. The van der Waals surface area contributed by atoms with Gasteiger partial charge in [0.25, 0.3) is 0 Å². The number of rotatable bonds is 5. The molecule has 0 aromatic heterocycles. The molecule has 0 radical (unpaired) electrons. The number of benzene rings is 1. The highest BCUT2D eigenvalue weighted by atomic mass is 16.5. The number of hydrogen-bond acceptors (Lipinski definition) is 4. The maximum atomic E-state index is 11.1. The predicted molar refractivity (Wildman–Crippen MR) is 62.6 cm³/mol. The summed E-state index contributed by atoms with van der Waals surface area (Å²) in [6.07, 6.45) is 0.212. The molecule has 0 heterocycles. The molecule has 90 valence electrons. The van der Waals surface area contributed by atoms with Gasteiger partial charge in [0, 0.05) is 0 Å². The van der Waals surface area contributed by atoms with Crippen molar-refractivity contribution < 1.29 is 14.3 Å². The van der Waals surface area contributed by atoms with Crippen molar-refractivity contribution in [2.45, 2.75) is 20.3 Å². The van der Waals surface area contributed by atoms with Crippen molar-refractivity contribution in [3.05, 3.63) is 29.3 Å². The van der Waals surface area contributed by atoms with E-state index in [-0.39, 0.29) is 19.0 Å². The zero-order chi connectivity index (χ0) is 12.7. The quantitative estimate of drug-likeness (QED) is 0.731. The Morgan fingerprint density at radius 3 is 2.88 bits per heavy atom. The van der Waals surface area contributed by atoms with E-state index >= 15 is 0 Å². The van der Waals surface area contributed by atoms with Crippen LogP contribution in [0.15, 0.2) is 18.2 Å². The zero-order valence-electron chi connectivity index (χ0n) is 10.0. The summed E-state index contributed by atoms with van der Waals surface area (Å²) in [4.78, 5) is 11.1. The van der Waals surface area contributed by atoms with Crippen LogP contribution in [0.3, 0.4) is 0 Å². The smallest absolute Gasteiger partial charge is 0.309 e. The second-order valence-electron chi connectivity index (χ2n) is 3.50. The number of carbonyl (C=O) groups is 1. The summed E-state index contributed by atoms with van der Waals surface area (Å²) >= 11 is 0. The van der Waals surface area contributed by atoms with Crippen molar-refractivity contribution in [2.24, 2.45) is 0 Å². The Morgan fingerprint density at radius 1 is 1.47 bits per heavy atom. The Hall–Kier alpha value is -2.02. The van der Waals surface area contributed by atoms with Crippen molar-refractivity contribution in [3.8, 4) is 11.8 Å². The number of ether oxygens (including phenoxy) is 2. The van der Waals surface area contributed by atoms with Gasteiger partial charge in [0.2, 0.25) is 0 Å². The van der Waals surface area contributed by atoms with Crippen LogP contribution in [0.25, 0.3) is 0 Å². The van der Waals surface area contributed by atoms with E-state index in [1.54, 1.807) is 19.1 Å². The van der Waals surface area contributed by atoms with E-state index in [1.165, 1.54) is 0 Å². The molecule has 1 aromatic carbocycles. The lowest BCUT2D eigenvalue weighted by molar-refractivity contribution is -0.143. The molecule has 0 saturated carbocycles. The highest BCUT2D eigenvalue weighted by Crippen LogP contribution is 2.19. The second-order valence-corrected chi connectivity index (χ2v) is 3.50. The number of hydrogen-bond donors (Lipinski definition) is 0. The number of aryl methyl sites for hydroxylation is 1. The fourth-order valence-electron chi connectivity index (χ4n) is 1.30. The van der Waals surface area contributed by atoms with Gasteiger partial charge in [0.15, 0.2) is 0 Å². The van der Waals surface area contributed by atoms with E-state index in [1.807, 2.05) is 19.1 Å². The summed E-state index contributed by atoms with van der Waals surface area (Å²) in [6.45, 7) is 4.29. The lowest BCUT2D eigenvalue weighted by Gasteiger charge is -2.08. The molecule has 0 N–H and O–H groups in total. The first-order valence-corrected chi connectivity index (χ1v) is 5.46. The third kappa shape index (κ3) is 4.15. The molecule has 0 aliphatic rings. The summed E-state index contributed by atoms with van der Waals surface area (Å²) < 4.78 is 10.2. The summed E-state index contributed by atoms with van der Waals surface area (Å²) in [7, 11) is 0. The summed E-state index contributed by atoms with van der Waals surface area (Å²) in [6, 6.07) is 7.26. The first kappa shape index (κ1) is 13.0. The Labute approximate surface area is 101 Å². The van der Waals surface area contributed by atoms with E-state index in [0.717, 1.165) is 5.56 Å². The third-order valence-electron chi connectivity index (χ3n) is 2.19. The summed E-state index contributed by atoms with van der Waals surface area (Å²) in [5.41, 5.74) is 1.48. The molecule has 0 aliphatic heterocycles. The molecule has 0 bridgehead atoms. The summed E-state index contributed by atoms with van der Waals surface area (Å²) in [5, 5.41) is 8.76. The molecular weight excluding hydrogens is 218 g/mol. The van der Waals surface area contributed by atoms with E-state index in [4.69, 9.17) is 14.7 Å². The van der Waals surface area contributed by atoms with Crippen LogP contribution in [0, 0.1) is 18.3 Å². The largest absolute Gasteiger partial charge is 0.493 e. The van der Waals surface area contributed by atoms with Crippen LogP contribution in [-0.4, -0.2) is 19.2 Å². The Kier molecular flexibility index (Phi) is 5.02. The van der Waals surface area contributed by atoms with Crippen molar-refractivity contribution in [2.75, 3.05) is 13.2 Å². The lowest BCUT2D eigenvalue weighted by Crippen LogP contribution is -2.10. The molecule has 0 atom stereocenters. The highest BCUT2D eigenvalue weighted by Gasteiger charge is 2.04. The van der Waals surface area contributed by atoms with Gasteiger partial charge in [0.1, 0.15) is 5.75 Å². The van der Waals surface area contributed by atoms with Crippen LogP contribution in [-0.2, 0) is 9.53 Å². The van der Waals surface area contributed by atoms with Crippen molar-refractivity contribution in [1.29, 1.82) is 5.26 Å². The second kappa shape index (κ2) is 6.54. The van der Waals surface area contributed by atoms with Crippen LogP contribution in [0.5, 0.6) is 5.75 Å². The number of nitriles is 1. The SMILES string of the molecule is CCOC(=O)CCOc1cc(C#N)ccc1C. The first-order chi connectivity index (χ1) is 8.17. The average Bonchev–Trinajstić information content (AvgIpc) is 2.32. The molecule has 0 fully saturated rings. The minimum Gasteiger partial charge on any atom is -0.493 e. The number of nitrogens with zero attached hydrogens (tertiary/aromatic N) is 1. The highest BCUT2D eigenvalue weighted by molar-refractivity contribution is 5.69. The Balaban J connectivity index is 2.52. The molecule has 4 nitrogen and oxygen atoms in total. The van der Waals surface area contributed by atoms with E-state index < -0.39 is 0 Å². The van der Waals surface area contributed by atoms with Crippen LogP contribution in [0.4, 0.5) is 0 Å². The average molecular weight is 233 g/mol. The van der Waals surface area contributed by atoms with Gasteiger partial charge in [-0.3, -0.25) is 4.79 Å². The fourth-order valence-corrected chi connectivity index (χ4v) is 1.30. The van der Waals surface area contributed by atoms with Gasteiger partial charge in [0.05, 0.1) is 31.3 Å². The van der Waals surface area contributed by atoms with Crippen LogP contribution < -0.4 is 4.74 Å². The maximum absolute atomic E-state index is 11.1. The normalized spacial score (nSPS) is 9.47. The number of esters is 1. The van der Waals surface area contributed by atoms with Gasteiger partial charge < -0.3 is 9.47 Å². The molecular formula is C13H15NO3. The first-order valence-electron chi connectivity index (χ1n) is 5.46. The molecule has 0 unspecified atom stereocenters. The third-order valence-corrected chi connectivity index (χ3v) is 2.19. The van der Waals surface area contributed by atoms with Crippen LogP contribution in [0.1, 0.15) is 24.5 Å². The van der Waals surface area contributed by atoms with Gasteiger partial charge in [-0.2, -0.15) is 5.26 Å². The predicted octanol–water partition coefficient (Wildman–Crippen LogP) is 2.20. The van der Waals surface area contributed by atoms with Crippen LogP contribution in [0.2, 0.25) is 0 Å². The molecule has 1 rings (SSSR count). The van der Waals surface area contributed by atoms with E-state index in [0.29, 0.717) is 17.9 Å². The lowest BCUT2D eigenvalue weighted by atomic mass is 10.1. The standard InChI is InChI=1S/C13H15NO3/c1-3-16-13(15)6-7-17-12-8-11(9-14)5-4-10(12)2/h4-5,8H,3,6-7H2,1-2H3. The molecule has 0 saturated heterocycles. The minimum absolute atomic E-state index is 0.212. The van der Waals surface area contributed by atoms with Gasteiger partial charge in [-0.05, 0) is 31.5 Å². The van der Waals surface area contributed by atoms with Gasteiger partial charge in [-0.15, -0.1) is 0 Å². The summed E-state index contributed by atoms with van der Waals surface area (Å²) in [5.74, 6) is 0.356. The topological polar surface area (TPSA) is 59.3 Å². The van der Waals surface area contributed by atoms with Crippen LogP contribution >= 0.6 is 0 Å². The maximum Gasteiger partial charge on any atom is 0.309 e. The van der Waals surface area contributed by atoms with Gasteiger partial charge in [-0.1, -0.05) is 6.07 Å². The molecule has 4 heteroatoms. The van der Waals surface area contributed by atoms with Crippen molar-refractivity contribution in [3.63, 3.8) is 0 Å². The Morgan fingerprint density at radius 2 is 2.24 bits per heavy atom. The van der Waals surface area contributed by atoms with E-state index in [2.05, 4.69) is 0 Å². The number of carbonyl (C=O) groups excluding carboxylic acids is 1. The Bertz CT molecular complexity index is 435. The van der Waals surface area contributed by atoms with Gasteiger partial charge >= 0.3 is 5.97 Å². The van der Waals surface area contributed by atoms with Crippen molar-refractivity contribution >= 4 is 5.97 Å². The molecule has 0 spiro atoms. The van der Waals surface area contributed by atoms with E-state index in [9.17, 15) is 4.79 Å². The molecule has 0 aliphatic carbocycles. The monoisotopic (exact) mass is 233 g/mol. The fraction of sp³-hybridized carbons (Fsp3) is 0.385. The molecule has 0 amide bonds.